The number of aromatic nitrogens is 2. The summed E-state index contributed by atoms with van der Waals surface area (Å²) in [6.45, 7) is 3.35. The Kier molecular flexibility index (Phi) is 3.36. The molecule has 0 saturated heterocycles. The van der Waals surface area contributed by atoms with E-state index in [4.69, 9.17) is 0 Å². The van der Waals surface area contributed by atoms with Crippen LogP contribution in [0.1, 0.15) is 29.8 Å². The third-order valence-electron chi connectivity index (χ3n) is 2.85. The first-order valence-electron chi connectivity index (χ1n) is 5.71. The van der Waals surface area contributed by atoms with Crippen molar-refractivity contribution in [3.63, 3.8) is 0 Å². The summed E-state index contributed by atoms with van der Waals surface area (Å²) in [5.74, 6) is 0. The highest BCUT2D eigenvalue weighted by molar-refractivity contribution is 5.36. The van der Waals surface area contributed by atoms with Crippen LogP contribution < -0.4 is 0 Å². The Bertz CT molecular complexity index is 571. The van der Waals surface area contributed by atoms with Gasteiger partial charge in [0.1, 0.15) is 0 Å². The fourth-order valence-electron chi connectivity index (χ4n) is 1.82. The van der Waals surface area contributed by atoms with Gasteiger partial charge in [0.2, 0.25) is 0 Å². The molecule has 102 valence electrons. The molecule has 0 saturated carbocycles. The van der Waals surface area contributed by atoms with Gasteiger partial charge in [-0.2, -0.15) is 18.3 Å². The van der Waals surface area contributed by atoms with E-state index in [0.717, 1.165) is 12.1 Å². The molecule has 3 nitrogen and oxygen atoms in total. The summed E-state index contributed by atoms with van der Waals surface area (Å²) in [4.78, 5) is 0. The Morgan fingerprint density at radius 2 is 1.79 bits per heavy atom. The molecule has 1 N–H and O–H groups in total. The second-order valence-electron chi connectivity index (χ2n) is 4.34. The van der Waals surface area contributed by atoms with Crippen LogP contribution >= 0.6 is 0 Å². The van der Waals surface area contributed by atoms with E-state index in [2.05, 4.69) is 5.10 Å². The number of aliphatic hydroxyl groups excluding tert-OH is 1. The second-order valence-corrected chi connectivity index (χ2v) is 4.34. The molecule has 2 rings (SSSR count). The van der Waals surface area contributed by atoms with Gasteiger partial charge in [-0.3, -0.25) is 0 Å². The Hall–Kier alpha value is -1.82. The lowest BCUT2D eigenvalue weighted by atomic mass is 10.2. The van der Waals surface area contributed by atoms with Gasteiger partial charge >= 0.3 is 6.18 Å². The van der Waals surface area contributed by atoms with Gasteiger partial charge in [-0.1, -0.05) is 0 Å². The number of hydrogen-bond donors (Lipinski definition) is 1. The molecule has 0 amide bonds. The fourth-order valence-corrected chi connectivity index (χ4v) is 1.82. The number of benzene rings is 1. The van der Waals surface area contributed by atoms with Gasteiger partial charge in [-0.15, -0.1) is 0 Å². The summed E-state index contributed by atoms with van der Waals surface area (Å²) >= 11 is 0. The van der Waals surface area contributed by atoms with E-state index in [9.17, 15) is 18.3 Å². The highest BCUT2D eigenvalue weighted by atomic mass is 19.4. The van der Waals surface area contributed by atoms with Crippen LogP contribution in [0.3, 0.4) is 0 Å². The Balaban J connectivity index is 2.35. The predicted octanol–water partition coefficient (Wildman–Crippen LogP) is 3.25. The third kappa shape index (κ3) is 2.78. The molecule has 1 atom stereocenters. The van der Waals surface area contributed by atoms with Gasteiger partial charge in [-0.05, 0) is 38.1 Å². The molecular formula is C13H13F3N2O. The summed E-state index contributed by atoms with van der Waals surface area (Å²) in [7, 11) is 0. The minimum absolute atomic E-state index is 0.517. The molecule has 0 aliphatic heterocycles. The van der Waals surface area contributed by atoms with E-state index in [1.54, 1.807) is 20.0 Å². The molecule has 0 aliphatic rings. The van der Waals surface area contributed by atoms with E-state index in [1.807, 2.05) is 0 Å². The van der Waals surface area contributed by atoms with Gasteiger partial charge in [0.05, 0.1) is 23.0 Å². The van der Waals surface area contributed by atoms with Gasteiger partial charge in [0.25, 0.3) is 0 Å². The maximum Gasteiger partial charge on any atom is 0.416 e. The largest absolute Gasteiger partial charge is 0.416 e. The molecule has 1 aromatic carbocycles. The summed E-state index contributed by atoms with van der Waals surface area (Å²) in [5.41, 5.74) is 1.12. The fraction of sp³-hybridized carbons (Fsp3) is 0.308. The predicted molar refractivity (Wildman–Crippen MR) is 63.9 cm³/mol. The number of aliphatic hydroxyl groups is 1. The molecule has 0 spiro atoms. The smallest absolute Gasteiger partial charge is 0.389 e. The van der Waals surface area contributed by atoms with E-state index in [0.29, 0.717) is 16.9 Å². The Labute approximate surface area is 108 Å². The molecule has 0 fully saturated rings. The zero-order chi connectivity index (χ0) is 14.2. The van der Waals surface area contributed by atoms with Crippen LogP contribution in [-0.2, 0) is 6.18 Å². The average Bonchev–Trinajstić information content (AvgIpc) is 2.70. The van der Waals surface area contributed by atoms with Crippen molar-refractivity contribution in [3.8, 4) is 5.69 Å². The van der Waals surface area contributed by atoms with Crippen LogP contribution in [0.5, 0.6) is 0 Å². The molecule has 0 bridgehead atoms. The minimum Gasteiger partial charge on any atom is -0.389 e. The van der Waals surface area contributed by atoms with Crippen LogP contribution in [0.15, 0.2) is 30.5 Å². The van der Waals surface area contributed by atoms with Gasteiger partial charge in [0, 0.05) is 11.8 Å². The van der Waals surface area contributed by atoms with Crippen molar-refractivity contribution in [2.45, 2.75) is 26.1 Å². The standard InChI is InChI=1S/C13H13F3N2O/c1-8-12(9(2)19)7-18(17-8)11-5-3-10(4-6-11)13(14,15)16/h3-7,9,19H,1-2H3. The summed E-state index contributed by atoms with van der Waals surface area (Å²) < 4.78 is 38.8. The van der Waals surface area contributed by atoms with Crippen molar-refractivity contribution in [2.75, 3.05) is 0 Å². The number of aryl methyl sites for hydroxylation is 1. The van der Waals surface area contributed by atoms with Crippen molar-refractivity contribution in [3.05, 3.63) is 47.3 Å². The van der Waals surface area contributed by atoms with Crippen LogP contribution in [0, 0.1) is 6.92 Å². The van der Waals surface area contributed by atoms with Crippen molar-refractivity contribution in [1.82, 2.24) is 9.78 Å². The molecule has 19 heavy (non-hydrogen) atoms. The Morgan fingerprint density at radius 1 is 1.21 bits per heavy atom. The topological polar surface area (TPSA) is 38.0 Å². The number of rotatable bonds is 2. The summed E-state index contributed by atoms with van der Waals surface area (Å²) in [6.07, 6.45) is -3.39. The van der Waals surface area contributed by atoms with Crippen LogP contribution in [-0.4, -0.2) is 14.9 Å². The molecule has 1 heterocycles. The second kappa shape index (κ2) is 4.70. The van der Waals surface area contributed by atoms with Crippen molar-refractivity contribution in [1.29, 1.82) is 0 Å². The van der Waals surface area contributed by atoms with Crippen molar-refractivity contribution >= 4 is 0 Å². The molecule has 1 aromatic heterocycles. The van der Waals surface area contributed by atoms with E-state index in [-0.39, 0.29) is 0 Å². The van der Waals surface area contributed by atoms with E-state index >= 15 is 0 Å². The van der Waals surface area contributed by atoms with Crippen LogP contribution in [0.25, 0.3) is 5.69 Å². The number of hydrogen-bond acceptors (Lipinski definition) is 2. The SMILES string of the molecule is Cc1nn(-c2ccc(C(F)(F)F)cc2)cc1C(C)O. The minimum atomic E-state index is -4.34. The van der Waals surface area contributed by atoms with Gasteiger partial charge in [0.15, 0.2) is 0 Å². The lowest BCUT2D eigenvalue weighted by Gasteiger charge is -2.07. The number of alkyl halides is 3. The average molecular weight is 270 g/mol. The van der Waals surface area contributed by atoms with E-state index in [1.165, 1.54) is 16.8 Å². The first kappa shape index (κ1) is 13.6. The zero-order valence-corrected chi connectivity index (χ0v) is 10.4. The molecule has 2 aromatic rings. The highest BCUT2D eigenvalue weighted by Gasteiger charge is 2.30. The first-order valence-corrected chi connectivity index (χ1v) is 5.71. The number of nitrogens with zero attached hydrogens (tertiary/aromatic N) is 2. The lowest BCUT2D eigenvalue weighted by Crippen LogP contribution is -2.05. The van der Waals surface area contributed by atoms with Crippen molar-refractivity contribution < 1.29 is 18.3 Å². The maximum atomic E-state index is 12.4. The number of halogens is 3. The molecule has 0 radical (unpaired) electrons. The van der Waals surface area contributed by atoms with Crippen LogP contribution in [0.4, 0.5) is 13.2 Å². The lowest BCUT2D eigenvalue weighted by molar-refractivity contribution is -0.137. The van der Waals surface area contributed by atoms with E-state index < -0.39 is 17.8 Å². The van der Waals surface area contributed by atoms with Gasteiger partial charge < -0.3 is 5.11 Å². The van der Waals surface area contributed by atoms with Gasteiger partial charge in [-0.25, -0.2) is 4.68 Å². The first-order chi connectivity index (χ1) is 8.79. The summed E-state index contributed by atoms with van der Waals surface area (Å²) in [6, 6.07) is 4.71. The normalized spacial score (nSPS) is 13.6. The molecule has 0 aliphatic carbocycles. The third-order valence-corrected chi connectivity index (χ3v) is 2.85. The molecule has 1 unspecified atom stereocenters. The van der Waals surface area contributed by atoms with Crippen LogP contribution in [0.2, 0.25) is 0 Å². The quantitative estimate of drug-likeness (QED) is 0.909. The zero-order valence-electron chi connectivity index (χ0n) is 10.4. The summed E-state index contributed by atoms with van der Waals surface area (Å²) in [5, 5.41) is 13.7. The highest BCUT2D eigenvalue weighted by Crippen LogP contribution is 2.29. The molecule has 6 heteroatoms. The molecular weight excluding hydrogens is 257 g/mol. The Morgan fingerprint density at radius 3 is 2.21 bits per heavy atom. The maximum absolute atomic E-state index is 12.4. The monoisotopic (exact) mass is 270 g/mol. The van der Waals surface area contributed by atoms with Crippen molar-refractivity contribution in [2.24, 2.45) is 0 Å².